The molecule has 0 saturated carbocycles. The van der Waals surface area contributed by atoms with Crippen molar-refractivity contribution in [2.24, 2.45) is 0 Å². The van der Waals surface area contributed by atoms with Gasteiger partial charge in [0, 0.05) is 39.4 Å². The number of hydrogen-bond acceptors (Lipinski definition) is 3. The molecule has 1 aliphatic rings. The molecular weight excluding hydrogens is 361 g/mol. The molecule has 1 aliphatic heterocycles. The number of ether oxygens (including phenoxy) is 1. The number of fused-ring (bicyclic) bond motifs is 3. The van der Waals surface area contributed by atoms with Crippen LogP contribution in [0.25, 0.3) is 16.6 Å². The summed E-state index contributed by atoms with van der Waals surface area (Å²) in [6.45, 7) is 1.75. The van der Waals surface area contributed by atoms with Gasteiger partial charge in [0.05, 0.1) is 17.1 Å². The summed E-state index contributed by atoms with van der Waals surface area (Å²) in [6, 6.07) is 8.01. The Hall–Kier alpha value is -2.67. The molecule has 1 aromatic carbocycles. The van der Waals surface area contributed by atoms with E-state index in [1.54, 1.807) is 40.5 Å². The van der Waals surface area contributed by atoms with Crippen LogP contribution in [0.1, 0.15) is 25.7 Å². The lowest BCUT2D eigenvalue weighted by Crippen LogP contribution is -2.42. The predicted molar refractivity (Wildman–Crippen MR) is 105 cm³/mol. The maximum atomic E-state index is 13.8. The van der Waals surface area contributed by atoms with E-state index in [0.717, 1.165) is 24.9 Å². The molecule has 28 heavy (non-hydrogen) atoms. The number of rotatable bonds is 5. The van der Waals surface area contributed by atoms with Gasteiger partial charge < -0.3 is 18.6 Å². The first kappa shape index (κ1) is 18.7. The standard InChI is InChI=1S/C21H24FN3O3/c1-28-16-5-2-10-23(14-16)20(26)7-4-12-25-19-13-15(22)8-9-17(19)24-11-3-6-18(24)21(25)27/h3,6,8-9,11,13,16H,2,4-5,7,10,12,14H2,1H3. The third-order valence-corrected chi connectivity index (χ3v) is 5.54. The second-order valence-electron chi connectivity index (χ2n) is 7.30. The highest BCUT2D eigenvalue weighted by molar-refractivity contribution is 5.79. The van der Waals surface area contributed by atoms with Gasteiger partial charge in [-0.3, -0.25) is 9.59 Å². The molecule has 7 heteroatoms. The molecule has 1 atom stereocenters. The Labute approximate surface area is 162 Å². The Balaban J connectivity index is 1.54. The lowest BCUT2D eigenvalue weighted by Gasteiger charge is -2.32. The van der Waals surface area contributed by atoms with E-state index in [0.29, 0.717) is 37.0 Å². The monoisotopic (exact) mass is 385 g/mol. The Morgan fingerprint density at radius 3 is 2.93 bits per heavy atom. The number of nitrogens with zero attached hydrogens (tertiary/aromatic N) is 3. The lowest BCUT2D eigenvalue weighted by molar-refractivity contribution is -0.134. The Kier molecular flexibility index (Phi) is 5.17. The average Bonchev–Trinajstić information content (AvgIpc) is 3.20. The number of amides is 1. The minimum Gasteiger partial charge on any atom is -0.380 e. The fraction of sp³-hybridized carbons (Fsp3) is 0.429. The number of halogens is 1. The van der Waals surface area contributed by atoms with Crippen LogP contribution >= 0.6 is 0 Å². The maximum Gasteiger partial charge on any atom is 0.275 e. The van der Waals surface area contributed by atoms with E-state index in [4.69, 9.17) is 4.74 Å². The zero-order chi connectivity index (χ0) is 19.7. The summed E-state index contributed by atoms with van der Waals surface area (Å²) in [6.07, 6.45) is 4.70. The number of benzene rings is 1. The molecule has 1 fully saturated rings. The van der Waals surface area contributed by atoms with E-state index >= 15 is 0 Å². The normalized spacial score (nSPS) is 17.5. The van der Waals surface area contributed by atoms with Crippen molar-refractivity contribution in [1.29, 1.82) is 0 Å². The fourth-order valence-electron chi connectivity index (χ4n) is 4.06. The SMILES string of the molecule is COC1CCCN(C(=O)CCCn2c(=O)c3cccn3c3ccc(F)cc32)C1. The minimum absolute atomic E-state index is 0.0778. The van der Waals surface area contributed by atoms with E-state index in [1.165, 1.54) is 12.1 Å². The fourth-order valence-corrected chi connectivity index (χ4v) is 4.06. The number of aryl methyl sites for hydroxylation is 1. The van der Waals surface area contributed by atoms with Crippen molar-refractivity contribution in [3.05, 3.63) is 52.7 Å². The van der Waals surface area contributed by atoms with Crippen LogP contribution in [-0.2, 0) is 16.1 Å². The number of methoxy groups -OCH3 is 1. The van der Waals surface area contributed by atoms with Crippen LogP contribution in [0.2, 0.25) is 0 Å². The second kappa shape index (κ2) is 7.75. The molecule has 1 amide bonds. The zero-order valence-corrected chi connectivity index (χ0v) is 15.9. The van der Waals surface area contributed by atoms with Crippen LogP contribution in [-0.4, -0.2) is 46.1 Å². The molecule has 3 heterocycles. The second-order valence-corrected chi connectivity index (χ2v) is 7.30. The number of hydrogen-bond donors (Lipinski definition) is 0. The quantitative estimate of drug-likeness (QED) is 0.679. The summed E-state index contributed by atoms with van der Waals surface area (Å²) >= 11 is 0. The highest BCUT2D eigenvalue weighted by Gasteiger charge is 2.23. The van der Waals surface area contributed by atoms with Crippen molar-refractivity contribution in [2.75, 3.05) is 20.2 Å². The van der Waals surface area contributed by atoms with E-state index in [-0.39, 0.29) is 23.4 Å². The van der Waals surface area contributed by atoms with Gasteiger partial charge in [0.2, 0.25) is 5.91 Å². The van der Waals surface area contributed by atoms with Crippen molar-refractivity contribution in [2.45, 2.75) is 38.3 Å². The predicted octanol–water partition coefficient (Wildman–Crippen LogP) is 2.81. The van der Waals surface area contributed by atoms with E-state index in [9.17, 15) is 14.0 Å². The van der Waals surface area contributed by atoms with Gasteiger partial charge in [-0.15, -0.1) is 0 Å². The minimum atomic E-state index is -0.387. The Morgan fingerprint density at radius 2 is 2.11 bits per heavy atom. The summed E-state index contributed by atoms with van der Waals surface area (Å²) < 4.78 is 22.6. The zero-order valence-electron chi connectivity index (χ0n) is 15.9. The van der Waals surface area contributed by atoms with Gasteiger partial charge >= 0.3 is 0 Å². The molecule has 2 aromatic heterocycles. The van der Waals surface area contributed by atoms with Crippen molar-refractivity contribution < 1.29 is 13.9 Å². The summed E-state index contributed by atoms with van der Waals surface area (Å²) in [7, 11) is 1.67. The van der Waals surface area contributed by atoms with E-state index in [1.807, 2.05) is 4.90 Å². The van der Waals surface area contributed by atoms with Gasteiger partial charge in [-0.25, -0.2) is 4.39 Å². The maximum absolute atomic E-state index is 13.8. The third-order valence-electron chi connectivity index (χ3n) is 5.54. The number of aromatic nitrogens is 2. The molecule has 0 bridgehead atoms. The van der Waals surface area contributed by atoms with Gasteiger partial charge in [-0.1, -0.05) is 0 Å². The Bertz CT molecular complexity index is 1070. The first-order valence-corrected chi connectivity index (χ1v) is 9.68. The first-order valence-electron chi connectivity index (χ1n) is 9.68. The topological polar surface area (TPSA) is 56.0 Å². The number of piperidine rings is 1. The average molecular weight is 385 g/mol. The van der Waals surface area contributed by atoms with E-state index in [2.05, 4.69) is 0 Å². The van der Waals surface area contributed by atoms with Crippen LogP contribution in [0.3, 0.4) is 0 Å². The van der Waals surface area contributed by atoms with Crippen LogP contribution < -0.4 is 5.56 Å². The molecule has 148 valence electrons. The lowest BCUT2D eigenvalue weighted by atomic mass is 10.1. The van der Waals surface area contributed by atoms with Crippen molar-refractivity contribution in [1.82, 2.24) is 13.9 Å². The molecule has 4 rings (SSSR count). The van der Waals surface area contributed by atoms with Crippen molar-refractivity contribution in [3.63, 3.8) is 0 Å². The number of carbonyl (C=O) groups is 1. The molecule has 6 nitrogen and oxygen atoms in total. The Morgan fingerprint density at radius 1 is 1.25 bits per heavy atom. The van der Waals surface area contributed by atoms with E-state index < -0.39 is 0 Å². The van der Waals surface area contributed by atoms with Gasteiger partial charge in [0.25, 0.3) is 5.56 Å². The largest absolute Gasteiger partial charge is 0.380 e. The molecule has 1 unspecified atom stereocenters. The summed E-state index contributed by atoms with van der Waals surface area (Å²) in [4.78, 5) is 27.3. The van der Waals surface area contributed by atoms with Crippen molar-refractivity contribution >= 4 is 22.5 Å². The van der Waals surface area contributed by atoms with Crippen LogP contribution in [0.4, 0.5) is 4.39 Å². The van der Waals surface area contributed by atoms with Crippen molar-refractivity contribution in [3.8, 4) is 0 Å². The van der Waals surface area contributed by atoms with Crippen LogP contribution in [0.15, 0.2) is 41.3 Å². The van der Waals surface area contributed by atoms with Crippen LogP contribution in [0, 0.1) is 5.82 Å². The van der Waals surface area contributed by atoms with Gasteiger partial charge in [-0.2, -0.15) is 0 Å². The summed E-state index contributed by atoms with van der Waals surface area (Å²) in [5.41, 5.74) is 1.68. The summed E-state index contributed by atoms with van der Waals surface area (Å²) in [5.74, 6) is -0.309. The molecule has 0 spiro atoms. The van der Waals surface area contributed by atoms with Gasteiger partial charge in [0.15, 0.2) is 0 Å². The highest BCUT2D eigenvalue weighted by atomic mass is 19.1. The third kappa shape index (κ3) is 3.42. The molecule has 3 aromatic rings. The number of carbonyl (C=O) groups excluding carboxylic acids is 1. The molecule has 1 saturated heterocycles. The highest BCUT2D eigenvalue weighted by Crippen LogP contribution is 2.18. The molecule has 0 radical (unpaired) electrons. The summed E-state index contributed by atoms with van der Waals surface area (Å²) in [5, 5.41) is 0. The molecule has 0 N–H and O–H groups in total. The molecule has 0 aliphatic carbocycles. The smallest absolute Gasteiger partial charge is 0.275 e. The molecular formula is C21H24FN3O3. The first-order chi connectivity index (χ1) is 13.6. The van der Waals surface area contributed by atoms with Crippen LogP contribution in [0.5, 0.6) is 0 Å². The van der Waals surface area contributed by atoms with Gasteiger partial charge in [0.1, 0.15) is 11.3 Å². The number of likely N-dealkylation sites (tertiary alicyclic amines) is 1. The van der Waals surface area contributed by atoms with Gasteiger partial charge in [-0.05, 0) is 49.6 Å².